The van der Waals surface area contributed by atoms with Crippen molar-refractivity contribution in [3.8, 4) is 0 Å². The van der Waals surface area contributed by atoms with Crippen LogP contribution < -0.4 is 5.73 Å². The lowest BCUT2D eigenvalue weighted by atomic mass is 9.90. The monoisotopic (exact) mass is 302 g/mol. The fraction of sp³-hybridized carbons (Fsp3) is 0.529. The van der Waals surface area contributed by atoms with E-state index in [2.05, 4.69) is 6.07 Å². The molecule has 0 saturated carbocycles. The maximum Gasteiger partial charge on any atom is 0.254 e. The van der Waals surface area contributed by atoms with E-state index in [4.69, 9.17) is 10.5 Å². The number of nitrogens with two attached hydrogens (primary N) is 1. The third-order valence-corrected chi connectivity index (χ3v) is 4.68. The Labute approximate surface area is 130 Å². The maximum atomic E-state index is 12.7. The second-order valence-electron chi connectivity index (χ2n) is 6.36. The number of hydrogen-bond acceptors (Lipinski definition) is 3. The largest absolute Gasteiger partial charge is 0.367 e. The first-order chi connectivity index (χ1) is 10.5. The fourth-order valence-electron chi connectivity index (χ4n) is 3.24. The smallest absolute Gasteiger partial charge is 0.254 e. The molecule has 118 valence electrons. The highest BCUT2D eigenvalue weighted by molar-refractivity contribution is 5.95. The predicted molar refractivity (Wildman–Crippen MR) is 82.5 cm³/mol. The first-order valence-corrected chi connectivity index (χ1v) is 7.84. The van der Waals surface area contributed by atoms with Crippen LogP contribution in [0.25, 0.3) is 0 Å². The Kier molecular flexibility index (Phi) is 3.91. The first kappa shape index (κ1) is 15.0. The molecule has 1 atom stereocenters. The van der Waals surface area contributed by atoms with Gasteiger partial charge in [-0.05, 0) is 55.9 Å². The van der Waals surface area contributed by atoms with E-state index in [0.717, 1.165) is 12.8 Å². The molecule has 2 N–H and O–H groups in total. The Hall–Kier alpha value is -1.88. The number of carbonyl (C=O) groups excluding carboxylic acids is 2. The normalized spacial score (nSPS) is 24.7. The molecular formula is C17H22N2O3. The van der Waals surface area contributed by atoms with Crippen molar-refractivity contribution in [2.45, 2.75) is 38.2 Å². The molecule has 1 heterocycles. The standard InChI is InChI=1S/C17H22N2O3/c1-17(16(18)21)11-19(8-9-22-17)15(20)14-7-6-12-4-2-3-5-13(12)10-14/h6-7,10H,2-5,8-9,11H2,1H3,(H2,18,21). The molecule has 3 rings (SSSR count). The van der Waals surface area contributed by atoms with Crippen LogP contribution in [0.15, 0.2) is 18.2 Å². The zero-order valence-electron chi connectivity index (χ0n) is 12.9. The molecule has 0 radical (unpaired) electrons. The van der Waals surface area contributed by atoms with Crippen molar-refractivity contribution in [3.63, 3.8) is 0 Å². The van der Waals surface area contributed by atoms with Crippen molar-refractivity contribution < 1.29 is 14.3 Å². The van der Waals surface area contributed by atoms with Gasteiger partial charge in [-0.3, -0.25) is 9.59 Å². The highest BCUT2D eigenvalue weighted by Crippen LogP contribution is 2.24. The van der Waals surface area contributed by atoms with Gasteiger partial charge in [0.05, 0.1) is 13.2 Å². The highest BCUT2D eigenvalue weighted by atomic mass is 16.5. The Balaban J connectivity index is 1.80. The van der Waals surface area contributed by atoms with Crippen LogP contribution >= 0.6 is 0 Å². The van der Waals surface area contributed by atoms with Crippen LogP contribution in [0.5, 0.6) is 0 Å². The Morgan fingerprint density at radius 2 is 1.95 bits per heavy atom. The molecule has 0 bridgehead atoms. The van der Waals surface area contributed by atoms with Gasteiger partial charge >= 0.3 is 0 Å². The van der Waals surface area contributed by atoms with E-state index in [9.17, 15) is 9.59 Å². The number of morpholine rings is 1. The fourth-order valence-corrected chi connectivity index (χ4v) is 3.24. The van der Waals surface area contributed by atoms with Crippen LogP contribution in [0.3, 0.4) is 0 Å². The lowest BCUT2D eigenvalue weighted by Crippen LogP contribution is -2.58. The third kappa shape index (κ3) is 2.73. The van der Waals surface area contributed by atoms with E-state index in [1.807, 2.05) is 12.1 Å². The molecule has 1 unspecified atom stereocenters. The van der Waals surface area contributed by atoms with Gasteiger partial charge in [0, 0.05) is 12.1 Å². The minimum absolute atomic E-state index is 0.0517. The molecule has 1 aromatic carbocycles. The lowest BCUT2D eigenvalue weighted by molar-refractivity contribution is -0.150. The summed E-state index contributed by atoms with van der Waals surface area (Å²) >= 11 is 0. The van der Waals surface area contributed by atoms with Gasteiger partial charge in [0.25, 0.3) is 11.8 Å². The summed E-state index contributed by atoms with van der Waals surface area (Å²) in [5.41, 5.74) is 7.62. The van der Waals surface area contributed by atoms with Gasteiger partial charge in [-0.1, -0.05) is 6.07 Å². The van der Waals surface area contributed by atoms with Crippen LogP contribution in [0.2, 0.25) is 0 Å². The number of fused-ring (bicyclic) bond motifs is 1. The van der Waals surface area contributed by atoms with E-state index in [1.165, 1.54) is 24.0 Å². The van der Waals surface area contributed by atoms with Crippen molar-refractivity contribution >= 4 is 11.8 Å². The molecule has 5 heteroatoms. The van der Waals surface area contributed by atoms with Gasteiger partial charge in [0.15, 0.2) is 5.60 Å². The van der Waals surface area contributed by atoms with Gasteiger partial charge in [-0.2, -0.15) is 0 Å². The first-order valence-electron chi connectivity index (χ1n) is 7.84. The molecule has 1 saturated heterocycles. The van der Waals surface area contributed by atoms with Gasteiger partial charge < -0.3 is 15.4 Å². The zero-order valence-corrected chi connectivity index (χ0v) is 12.9. The van der Waals surface area contributed by atoms with Crippen molar-refractivity contribution in [2.75, 3.05) is 19.7 Å². The summed E-state index contributed by atoms with van der Waals surface area (Å²) in [6.07, 6.45) is 4.54. The highest BCUT2D eigenvalue weighted by Gasteiger charge is 2.39. The quantitative estimate of drug-likeness (QED) is 0.894. The van der Waals surface area contributed by atoms with Crippen molar-refractivity contribution in [2.24, 2.45) is 5.73 Å². The zero-order chi connectivity index (χ0) is 15.7. The molecule has 22 heavy (non-hydrogen) atoms. The van der Waals surface area contributed by atoms with Crippen LogP contribution in [0.4, 0.5) is 0 Å². The summed E-state index contributed by atoms with van der Waals surface area (Å²) in [5, 5.41) is 0. The number of carbonyl (C=O) groups is 2. The second-order valence-corrected chi connectivity index (χ2v) is 6.36. The summed E-state index contributed by atoms with van der Waals surface area (Å²) < 4.78 is 5.47. The Morgan fingerprint density at radius 1 is 1.23 bits per heavy atom. The van der Waals surface area contributed by atoms with E-state index < -0.39 is 11.5 Å². The van der Waals surface area contributed by atoms with Gasteiger partial charge in [0.2, 0.25) is 0 Å². The van der Waals surface area contributed by atoms with Crippen molar-refractivity contribution in [3.05, 3.63) is 34.9 Å². The van der Waals surface area contributed by atoms with Crippen molar-refractivity contribution in [1.82, 2.24) is 4.90 Å². The van der Waals surface area contributed by atoms with E-state index in [-0.39, 0.29) is 12.5 Å². The number of hydrogen-bond donors (Lipinski definition) is 1. The summed E-state index contributed by atoms with van der Waals surface area (Å²) in [4.78, 5) is 25.9. The summed E-state index contributed by atoms with van der Waals surface area (Å²) in [6, 6.07) is 5.97. The maximum absolute atomic E-state index is 12.7. The number of rotatable bonds is 2. The predicted octanol–water partition coefficient (Wildman–Crippen LogP) is 1.28. The molecule has 5 nitrogen and oxygen atoms in total. The number of benzene rings is 1. The Bertz CT molecular complexity index is 614. The number of ether oxygens (including phenoxy) is 1. The summed E-state index contributed by atoms with van der Waals surface area (Å²) in [6.45, 7) is 2.66. The molecule has 1 aliphatic heterocycles. The minimum Gasteiger partial charge on any atom is -0.367 e. The van der Waals surface area contributed by atoms with Gasteiger partial charge in [-0.25, -0.2) is 0 Å². The number of primary amides is 1. The Morgan fingerprint density at radius 3 is 2.68 bits per heavy atom. The van der Waals surface area contributed by atoms with Crippen LogP contribution in [0, 0.1) is 0 Å². The molecular weight excluding hydrogens is 280 g/mol. The van der Waals surface area contributed by atoms with E-state index in [0.29, 0.717) is 18.7 Å². The number of nitrogens with zero attached hydrogens (tertiary/aromatic N) is 1. The molecule has 2 amide bonds. The second kappa shape index (κ2) is 5.72. The van der Waals surface area contributed by atoms with E-state index >= 15 is 0 Å². The topological polar surface area (TPSA) is 72.6 Å². The molecule has 0 spiro atoms. The minimum atomic E-state index is -1.10. The molecule has 1 aromatic rings. The van der Waals surface area contributed by atoms with Gasteiger partial charge in [0.1, 0.15) is 0 Å². The molecule has 0 aromatic heterocycles. The molecule has 1 aliphatic carbocycles. The van der Waals surface area contributed by atoms with E-state index in [1.54, 1.807) is 11.8 Å². The third-order valence-electron chi connectivity index (χ3n) is 4.68. The van der Waals surface area contributed by atoms with Crippen LogP contribution in [-0.4, -0.2) is 42.0 Å². The average Bonchev–Trinajstić information content (AvgIpc) is 2.53. The van der Waals surface area contributed by atoms with Crippen molar-refractivity contribution in [1.29, 1.82) is 0 Å². The number of aryl methyl sites for hydroxylation is 2. The van der Waals surface area contributed by atoms with Crippen LogP contribution in [-0.2, 0) is 22.4 Å². The lowest BCUT2D eigenvalue weighted by Gasteiger charge is -2.38. The average molecular weight is 302 g/mol. The van der Waals surface area contributed by atoms with Crippen LogP contribution in [0.1, 0.15) is 41.3 Å². The molecule has 1 fully saturated rings. The SMILES string of the molecule is CC1(C(N)=O)CN(C(=O)c2ccc3c(c2)CCCC3)CCO1. The number of amides is 2. The molecule has 2 aliphatic rings. The summed E-state index contributed by atoms with van der Waals surface area (Å²) in [5.74, 6) is -0.584. The van der Waals surface area contributed by atoms with Gasteiger partial charge in [-0.15, -0.1) is 0 Å². The summed E-state index contributed by atoms with van der Waals surface area (Å²) in [7, 11) is 0.